The first-order valence-corrected chi connectivity index (χ1v) is 6.61. The Hall–Kier alpha value is -1.26. The lowest BCUT2D eigenvalue weighted by Crippen LogP contribution is -2.21. The molecule has 0 aromatic heterocycles. The number of ether oxygens (including phenoxy) is 1. The Morgan fingerprint density at radius 1 is 1.47 bits per heavy atom. The zero-order chi connectivity index (χ0) is 14.3. The summed E-state index contributed by atoms with van der Waals surface area (Å²) in [6, 6.07) is 4.99. The predicted octanol–water partition coefficient (Wildman–Crippen LogP) is 3.69. The van der Waals surface area contributed by atoms with E-state index in [-0.39, 0.29) is 0 Å². The summed E-state index contributed by atoms with van der Waals surface area (Å²) in [5, 5.41) is 4.71. The van der Waals surface area contributed by atoms with Gasteiger partial charge in [0.15, 0.2) is 0 Å². The van der Waals surface area contributed by atoms with Crippen molar-refractivity contribution in [2.24, 2.45) is 5.16 Å². The van der Waals surface area contributed by atoms with Crippen molar-refractivity contribution in [3.8, 4) is 0 Å². The van der Waals surface area contributed by atoms with E-state index in [0.29, 0.717) is 22.2 Å². The molecule has 0 heterocycles. The lowest BCUT2D eigenvalue weighted by atomic mass is 10.2. The van der Waals surface area contributed by atoms with Gasteiger partial charge in [-0.3, -0.25) is 0 Å². The molecule has 0 aliphatic heterocycles. The Kier molecular flexibility index (Phi) is 6.67. The summed E-state index contributed by atoms with van der Waals surface area (Å²) >= 11 is 11.7. The SMILES string of the molecule is CCCOC(=O)C(C)ON=Cc1ccc(Cl)cc1Cl. The molecule has 0 amide bonds. The molecule has 0 N–H and O–H groups in total. The molecule has 0 radical (unpaired) electrons. The standard InChI is InChI=1S/C13H15Cl2NO3/c1-3-6-18-13(17)9(2)19-16-8-10-4-5-11(14)7-12(10)15/h4-5,7-9H,3,6H2,1-2H3. The van der Waals surface area contributed by atoms with Crippen LogP contribution in [0.15, 0.2) is 23.4 Å². The third-order valence-corrected chi connectivity index (χ3v) is 2.72. The van der Waals surface area contributed by atoms with E-state index in [1.54, 1.807) is 25.1 Å². The number of hydrogen-bond acceptors (Lipinski definition) is 4. The van der Waals surface area contributed by atoms with E-state index in [0.717, 1.165) is 6.42 Å². The van der Waals surface area contributed by atoms with Crippen LogP contribution >= 0.6 is 23.2 Å². The molecule has 6 heteroatoms. The van der Waals surface area contributed by atoms with Gasteiger partial charge in [0.1, 0.15) is 0 Å². The van der Waals surface area contributed by atoms with Crippen molar-refractivity contribution in [1.82, 2.24) is 0 Å². The zero-order valence-corrected chi connectivity index (χ0v) is 12.2. The Balaban J connectivity index is 2.51. The molecular formula is C13H15Cl2NO3. The van der Waals surface area contributed by atoms with E-state index in [1.165, 1.54) is 6.21 Å². The van der Waals surface area contributed by atoms with Crippen LogP contribution in [0, 0.1) is 0 Å². The summed E-state index contributed by atoms with van der Waals surface area (Å²) in [7, 11) is 0. The minimum Gasteiger partial charge on any atom is -0.463 e. The number of rotatable bonds is 6. The van der Waals surface area contributed by atoms with Crippen LogP contribution in [0.25, 0.3) is 0 Å². The van der Waals surface area contributed by atoms with E-state index in [9.17, 15) is 4.79 Å². The molecule has 4 nitrogen and oxygen atoms in total. The first kappa shape index (κ1) is 15.8. The van der Waals surface area contributed by atoms with Crippen LogP contribution in [0.3, 0.4) is 0 Å². The van der Waals surface area contributed by atoms with Crippen molar-refractivity contribution in [3.05, 3.63) is 33.8 Å². The van der Waals surface area contributed by atoms with E-state index >= 15 is 0 Å². The van der Waals surface area contributed by atoms with Gasteiger partial charge in [-0.05, 0) is 25.5 Å². The largest absolute Gasteiger partial charge is 0.463 e. The third-order valence-electron chi connectivity index (χ3n) is 2.15. The average Bonchev–Trinajstić information content (AvgIpc) is 2.38. The van der Waals surface area contributed by atoms with Gasteiger partial charge in [0.05, 0.1) is 17.8 Å². The summed E-state index contributed by atoms with van der Waals surface area (Å²) in [4.78, 5) is 16.4. The highest BCUT2D eigenvalue weighted by Gasteiger charge is 2.15. The number of esters is 1. The molecule has 0 aliphatic rings. The quantitative estimate of drug-likeness (QED) is 0.457. The maximum Gasteiger partial charge on any atom is 0.349 e. The summed E-state index contributed by atoms with van der Waals surface area (Å²) in [5.41, 5.74) is 0.653. The number of hydrogen-bond donors (Lipinski definition) is 0. The van der Waals surface area contributed by atoms with Crippen LogP contribution in [0.2, 0.25) is 10.0 Å². The zero-order valence-electron chi connectivity index (χ0n) is 10.7. The minimum absolute atomic E-state index is 0.374. The average molecular weight is 304 g/mol. The van der Waals surface area contributed by atoms with Crippen molar-refractivity contribution in [2.75, 3.05) is 6.61 Å². The molecule has 0 spiro atoms. The molecule has 1 rings (SSSR count). The molecular weight excluding hydrogens is 289 g/mol. The highest BCUT2D eigenvalue weighted by atomic mass is 35.5. The topological polar surface area (TPSA) is 47.9 Å². The Labute approximate surface area is 122 Å². The van der Waals surface area contributed by atoms with Gasteiger partial charge in [-0.15, -0.1) is 0 Å². The Morgan fingerprint density at radius 2 is 2.21 bits per heavy atom. The fraction of sp³-hybridized carbons (Fsp3) is 0.385. The highest BCUT2D eigenvalue weighted by molar-refractivity contribution is 6.36. The van der Waals surface area contributed by atoms with E-state index in [1.807, 2.05) is 6.92 Å². The fourth-order valence-corrected chi connectivity index (χ4v) is 1.61. The van der Waals surface area contributed by atoms with Crippen LogP contribution in [0.5, 0.6) is 0 Å². The number of halogens is 2. The van der Waals surface area contributed by atoms with Gasteiger partial charge >= 0.3 is 5.97 Å². The molecule has 19 heavy (non-hydrogen) atoms. The highest BCUT2D eigenvalue weighted by Crippen LogP contribution is 2.19. The van der Waals surface area contributed by atoms with Crippen LogP contribution < -0.4 is 0 Å². The maximum atomic E-state index is 11.4. The first-order chi connectivity index (χ1) is 9.04. The van der Waals surface area contributed by atoms with Gasteiger partial charge < -0.3 is 9.57 Å². The monoisotopic (exact) mass is 303 g/mol. The second-order valence-corrected chi connectivity index (χ2v) is 4.66. The third kappa shape index (κ3) is 5.49. The van der Waals surface area contributed by atoms with Gasteiger partial charge in [0.2, 0.25) is 6.10 Å². The van der Waals surface area contributed by atoms with Crippen molar-refractivity contribution < 1.29 is 14.4 Å². The van der Waals surface area contributed by atoms with Gasteiger partial charge in [0, 0.05) is 10.6 Å². The van der Waals surface area contributed by atoms with Crippen molar-refractivity contribution in [3.63, 3.8) is 0 Å². The number of benzene rings is 1. The van der Waals surface area contributed by atoms with Gasteiger partial charge in [0.25, 0.3) is 0 Å². The summed E-state index contributed by atoms with van der Waals surface area (Å²) in [5.74, 6) is -0.443. The normalized spacial score (nSPS) is 12.4. The molecule has 1 unspecified atom stereocenters. The van der Waals surface area contributed by atoms with Crippen molar-refractivity contribution in [1.29, 1.82) is 0 Å². The fourth-order valence-electron chi connectivity index (χ4n) is 1.15. The van der Waals surface area contributed by atoms with Gasteiger partial charge in [-0.2, -0.15) is 0 Å². The van der Waals surface area contributed by atoms with Crippen LogP contribution in [0.4, 0.5) is 0 Å². The Bertz CT molecular complexity index is 463. The molecule has 104 valence electrons. The number of oxime groups is 1. The summed E-state index contributed by atoms with van der Waals surface area (Å²) < 4.78 is 4.91. The second kappa shape index (κ2) is 8.02. The minimum atomic E-state index is -0.756. The number of nitrogens with zero attached hydrogens (tertiary/aromatic N) is 1. The molecule has 1 aromatic carbocycles. The van der Waals surface area contributed by atoms with Gasteiger partial charge in [-0.25, -0.2) is 4.79 Å². The van der Waals surface area contributed by atoms with Crippen LogP contribution in [0.1, 0.15) is 25.8 Å². The first-order valence-electron chi connectivity index (χ1n) is 5.85. The van der Waals surface area contributed by atoms with E-state index in [4.69, 9.17) is 32.8 Å². The molecule has 1 atom stereocenters. The molecule has 0 saturated heterocycles. The van der Waals surface area contributed by atoms with Crippen molar-refractivity contribution in [2.45, 2.75) is 26.4 Å². The smallest absolute Gasteiger partial charge is 0.349 e. The van der Waals surface area contributed by atoms with E-state index in [2.05, 4.69) is 5.16 Å². The predicted molar refractivity (Wildman–Crippen MR) is 75.9 cm³/mol. The molecule has 0 bridgehead atoms. The van der Waals surface area contributed by atoms with Gasteiger partial charge in [-0.1, -0.05) is 41.3 Å². The Morgan fingerprint density at radius 3 is 2.84 bits per heavy atom. The number of carbonyl (C=O) groups is 1. The second-order valence-electron chi connectivity index (χ2n) is 3.82. The number of carbonyl (C=O) groups excluding carboxylic acids is 1. The lowest BCUT2D eigenvalue weighted by Gasteiger charge is -2.08. The summed E-state index contributed by atoms with van der Waals surface area (Å²) in [6.45, 7) is 3.86. The van der Waals surface area contributed by atoms with Crippen LogP contribution in [-0.4, -0.2) is 24.9 Å². The van der Waals surface area contributed by atoms with Crippen molar-refractivity contribution >= 4 is 35.4 Å². The maximum absolute atomic E-state index is 11.4. The molecule has 0 fully saturated rings. The molecule has 1 aromatic rings. The van der Waals surface area contributed by atoms with E-state index < -0.39 is 12.1 Å². The molecule has 0 saturated carbocycles. The lowest BCUT2D eigenvalue weighted by molar-refractivity contribution is -0.155. The molecule has 0 aliphatic carbocycles. The van der Waals surface area contributed by atoms with Crippen LogP contribution in [-0.2, 0) is 14.4 Å². The summed E-state index contributed by atoms with van der Waals surface area (Å²) in [6.07, 6.45) is 1.43.